The van der Waals surface area contributed by atoms with E-state index in [9.17, 15) is 0 Å². The second kappa shape index (κ2) is 3.91. The predicted octanol–water partition coefficient (Wildman–Crippen LogP) is 3.67. The van der Waals surface area contributed by atoms with E-state index >= 15 is 0 Å². The van der Waals surface area contributed by atoms with Crippen molar-refractivity contribution in [3.63, 3.8) is 0 Å². The quantitative estimate of drug-likeness (QED) is 0.787. The molecule has 2 aromatic rings. The highest BCUT2D eigenvalue weighted by atomic mass is 79.9. The molecule has 0 aromatic carbocycles. The van der Waals surface area contributed by atoms with Crippen LogP contribution in [-0.2, 0) is 6.42 Å². The van der Waals surface area contributed by atoms with Crippen molar-refractivity contribution in [2.45, 2.75) is 27.2 Å². The number of aromatic nitrogens is 2. The average molecular weight is 287 g/mol. The van der Waals surface area contributed by atoms with Crippen LogP contribution in [0.1, 0.15) is 25.2 Å². The Bertz CT molecular complexity index is 470. The number of thiazole rings is 1. The maximum absolute atomic E-state index is 4.56. The topological polar surface area (TPSA) is 17.3 Å². The molecule has 2 aromatic heterocycles. The summed E-state index contributed by atoms with van der Waals surface area (Å²) in [5.74, 6) is 0. The third kappa shape index (κ3) is 2.11. The van der Waals surface area contributed by atoms with Gasteiger partial charge in [-0.2, -0.15) is 0 Å². The smallest absolute Gasteiger partial charge is 0.194 e. The number of rotatable bonds is 3. The molecule has 0 fully saturated rings. The van der Waals surface area contributed by atoms with E-state index in [1.54, 1.807) is 11.3 Å². The van der Waals surface area contributed by atoms with Crippen molar-refractivity contribution >= 4 is 32.2 Å². The molecule has 0 bridgehead atoms. The first-order valence-electron chi connectivity index (χ1n) is 5.00. The van der Waals surface area contributed by atoms with Crippen LogP contribution in [0, 0.1) is 12.3 Å². The minimum Gasteiger partial charge on any atom is -0.294 e. The summed E-state index contributed by atoms with van der Waals surface area (Å²) in [5.41, 5.74) is 2.79. The van der Waals surface area contributed by atoms with Gasteiger partial charge in [0.15, 0.2) is 4.96 Å². The minimum atomic E-state index is 0.280. The zero-order valence-corrected chi connectivity index (χ0v) is 11.7. The molecule has 2 rings (SSSR count). The van der Waals surface area contributed by atoms with E-state index in [2.05, 4.69) is 57.7 Å². The van der Waals surface area contributed by atoms with Crippen LogP contribution >= 0.6 is 27.3 Å². The molecule has 0 atom stereocenters. The third-order valence-corrected chi connectivity index (χ3v) is 4.84. The molecule has 0 saturated heterocycles. The summed E-state index contributed by atoms with van der Waals surface area (Å²) in [4.78, 5) is 5.66. The monoisotopic (exact) mass is 286 g/mol. The number of nitrogens with zero attached hydrogens (tertiary/aromatic N) is 2. The van der Waals surface area contributed by atoms with Crippen LogP contribution in [0.2, 0.25) is 0 Å². The molecule has 4 heteroatoms. The number of imidazole rings is 1. The fourth-order valence-corrected chi connectivity index (χ4v) is 2.63. The van der Waals surface area contributed by atoms with Gasteiger partial charge in [0.1, 0.15) is 0 Å². The number of fused-ring (bicyclic) bond motifs is 1. The number of aryl methyl sites for hydroxylation is 1. The highest BCUT2D eigenvalue weighted by Gasteiger charge is 2.21. The normalized spacial score (nSPS) is 12.5. The van der Waals surface area contributed by atoms with E-state index < -0.39 is 0 Å². The lowest BCUT2D eigenvalue weighted by molar-refractivity contribution is 0.417. The SMILES string of the molecule is Cc1nc2sccn2c1CC(C)(C)CBr. The lowest BCUT2D eigenvalue weighted by Crippen LogP contribution is -2.18. The summed E-state index contributed by atoms with van der Waals surface area (Å²) in [6, 6.07) is 0. The Morgan fingerprint density at radius 2 is 2.27 bits per heavy atom. The summed E-state index contributed by atoms with van der Waals surface area (Å²) < 4.78 is 2.21. The van der Waals surface area contributed by atoms with E-state index in [0.717, 1.165) is 22.4 Å². The maximum atomic E-state index is 4.56. The van der Waals surface area contributed by atoms with Crippen LogP contribution in [0.4, 0.5) is 0 Å². The lowest BCUT2D eigenvalue weighted by Gasteiger charge is -2.21. The predicted molar refractivity (Wildman–Crippen MR) is 69.1 cm³/mol. The highest BCUT2D eigenvalue weighted by Crippen LogP contribution is 2.27. The van der Waals surface area contributed by atoms with Crippen molar-refractivity contribution < 1.29 is 0 Å². The number of alkyl halides is 1. The number of halogens is 1. The molecule has 2 heterocycles. The molecule has 0 aliphatic carbocycles. The van der Waals surface area contributed by atoms with Crippen LogP contribution in [0.15, 0.2) is 11.6 Å². The molecule has 0 aliphatic heterocycles. The van der Waals surface area contributed by atoms with Crippen molar-refractivity contribution in [2.24, 2.45) is 5.41 Å². The van der Waals surface area contributed by atoms with E-state index in [0.29, 0.717) is 0 Å². The fourth-order valence-electron chi connectivity index (χ4n) is 1.65. The molecule has 0 radical (unpaired) electrons. The van der Waals surface area contributed by atoms with Gasteiger partial charge in [-0.3, -0.25) is 4.40 Å². The Labute approximate surface area is 102 Å². The van der Waals surface area contributed by atoms with Gasteiger partial charge >= 0.3 is 0 Å². The van der Waals surface area contributed by atoms with Crippen LogP contribution in [0.5, 0.6) is 0 Å². The Balaban J connectivity index is 2.42. The first-order chi connectivity index (χ1) is 7.03. The Morgan fingerprint density at radius 1 is 1.53 bits per heavy atom. The van der Waals surface area contributed by atoms with Crippen LogP contribution in [0.3, 0.4) is 0 Å². The lowest BCUT2D eigenvalue weighted by atomic mass is 9.90. The highest BCUT2D eigenvalue weighted by molar-refractivity contribution is 9.09. The second-order valence-electron chi connectivity index (χ2n) is 4.67. The second-order valence-corrected chi connectivity index (χ2v) is 6.11. The maximum Gasteiger partial charge on any atom is 0.194 e. The van der Waals surface area contributed by atoms with Crippen molar-refractivity contribution in [1.82, 2.24) is 9.38 Å². The first-order valence-corrected chi connectivity index (χ1v) is 7.00. The van der Waals surface area contributed by atoms with Crippen LogP contribution < -0.4 is 0 Å². The van der Waals surface area contributed by atoms with Crippen LogP contribution in [0.25, 0.3) is 4.96 Å². The fraction of sp³-hybridized carbons (Fsp3) is 0.545. The molecule has 0 aliphatic rings. The third-order valence-electron chi connectivity index (χ3n) is 2.57. The van der Waals surface area contributed by atoms with E-state index in [-0.39, 0.29) is 5.41 Å². The molecule has 0 saturated carbocycles. The molecular formula is C11H15BrN2S. The summed E-state index contributed by atoms with van der Waals surface area (Å²) in [6.45, 7) is 6.64. The molecule has 82 valence electrons. The zero-order chi connectivity index (χ0) is 11.1. The van der Waals surface area contributed by atoms with Crippen LogP contribution in [-0.4, -0.2) is 14.7 Å². The van der Waals surface area contributed by atoms with Gasteiger partial charge in [0.2, 0.25) is 0 Å². The van der Waals surface area contributed by atoms with E-state index in [4.69, 9.17) is 0 Å². The molecule has 0 N–H and O–H groups in total. The first kappa shape index (κ1) is 11.1. The Hall–Kier alpha value is -0.350. The van der Waals surface area contributed by atoms with Gasteiger partial charge in [0, 0.05) is 22.6 Å². The van der Waals surface area contributed by atoms with Crippen molar-refractivity contribution in [3.05, 3.63) is 23.0 Å². The molecule has 0 spiro atoms. The molecule has 2 nitrogen and oxygen atoms in total. The summed E-state index contributed by atoms with van der Waals surface area (Å²) in [5, 5.41) is 3.10. The van der Waals surface area contributed by atoms with Gasteiger partial charge < -0.3 is 0 Å². The largest absolute Gasteiger partial charge is 0.294 e. The van der Waals surface area contributed by atoms with Gasteiger partial charge in [0.25, 0.3) is 0 Å². The minimum absolute atomic E-state index is 0.280. The molecular weight excluding hydrogens is 272 g/mol. The van der Waals surface area contributed by atoms with Gasteiger partial charge in [-0.25, -0.2) is 4.98 Å². The van der Waals surface area contributed by atoms with Crippen molar-refractivity contribution in [2.75, 3.05) is 5.33 Å². The van der Waals surface area contributed by atoms with Gasteiger partial charge in [-0.05, 0) is 18.8 Å². The van der Waals surface area contributed by atoms with Crippen molar-refractivity contribution in [1.29, 1.82) is 0 Å². The van der Waals surface area contributed by atoms with Crippen molar-refractivity contribution in [3.8, 4) is 0 Å². The summed E-state index contributed by atoms with van der Waals surface area (Å²) in [6.07, 6.45) is 3.17. The number of hydrogen-bond donors (Lipinski definition) is 0. The van der Waals surface area contributed by atoms with E-state index in [1.807, 2.05) is 0 Å². The Morgan fingerprint density at radius 3 is 2.93 bits per heavy atom. The van der Waals surface area contributed by atoms with Gasteiger partial charge in [0.05, 0.1) is 5.69 Å². The van der Waals surface area contributed by atoms with Gasteiger partial charge in [-0.1, -0.05) is 29.8 Å². The molecule has 0 amide bonds. The number of hydrogen-bond acceptors (Lipinski definition) is 2. The average Bonchev–Trinajstić information content (AvgIpc) is 2.71. The van der Waals surface area contributed by atoms with Gasteiger partial charge in [-0.15, -0.1) is 11.3 Å². The van der Waals surface area contributed by atoms with E-state index in [1.165, 1.54) is 5.69 Å². The molecule has 15 heavy (non-hydrogen) atoms. The zero-order valence-electron chi connectivity index (χ0n) is 9.25. The Kier molecular flexibility index (Phi) is 2.90. The summed E-state index contributed by atoms with van der Waals surface area (Å²) in [7, 11) is 0. The molecule has 0 unspecified atom stereocenters. The summed E-state index contributed by atoms with van der Waals surface area (Å²) >= 11 is 5.27. The standard InChI is InChI=1S/C11H15BrN2S/c1-8-9(6-11(2,3)7-12)14-4-5-15-10(14)13-8/h4-5H,6-7H2,1-3H3.